The van der Waals surface area contributed by atoms with Crippen molar-refractivity contribution in [2.45, 2.75) is 63.6 Å². The Bertz CT molecular complexity index is 1430. The number of hydrogen-bond donors (Lipinski definition) is 1. The van der Waals surface area contributed by atoms with Gasteiger partial charge < -0.3 is 14.6 Å². The van der Waals surface area contributed by atoms with Gasteiger partial charge in [0, 0.05) is 42.1 Å². The predicted octanol–water partition coefficient (Wildman–Crippen LogP) is 4.69. The van der Waals surface area contributed by atoms with E-state index in [0.29, 0.717) is 17.3 Å². The van der Waals surface area contributed by atoms with E-state index in [1.165, 1.54) is 12.8 Å². The summed E-state index contributed by atoms with van der Waals surface area (Å²) in [5, 5.41) is 14.5. The van der Waals surface area contributed by atoms with Crippen LogP contribution in [0.15, 0.2) is 30.6 Å². The maximum absolute atomic E-state index is 9.61. The summed E-state index contributed by atoms with van der Waals surface area (Å²) in [5.41, 5.74) is 5.21. The zero-order valence-corrected chi connectivity index (χ0v) is 20.2. The van der Waals surface area contributed by atoms with Gasteiger partial charge >= 0.3 is 0 Å². The molecule has 3 atom stereocenters. The van der Waals surface area contributed by atoms with Crippen molar-refractivity contribution in [2.24, 2.45) is 0 Å². The van der Waals surface area contributed by atoms with Gasteiger partial charge in [-0.1, -0.05) is 11.3 Å². The average molecular weight is 458 g/mol. The minimum Gasteiger partial charge on any atom is -0.348 e. The van der Waals surface area contributed by atoms with Crippen LogP contribution in [-0.2, 0) is 0 Å². The molecule has 6 heterocycles. The molecule has 0 radical (unpaired) electrons. The number of nitriles is 1. The Morgan fingerprint density at radius 1 is 1.15 bits per heavy atom. The Hall–Kier alpha value is -3.02. The lowest BCUT2D eigenvalue weighted by Crippen LogP contribution is -2.58. The lowest BCUT2D eigenvalue weighted by Gasteiger charge is -2.45. The van der Waals surface area contributed by atoms with Crippen molar-refractivity contribution in [1.82, 2.24) is 24.7 Å². The Morgan fingerprint density at radius 3 is 2.64 bits per heavy atom. The van der Waals surface area contributed by atoms with E-state index < -0.39 is 0 Å². The van der Waals surface area contributed by atoms with Gasteiger partial charge in [-0.3, -0.25) is 0 Å². The molecule has 8 heteroatoms. The van der Waals surface area contributed by atoms with Crippen LogP contribution < -0.4 is 10.2 Å². The number of pyridine rings is 2. The number of aryl methyl sites for hydroxylation is 1. The Kier molecular flexibility index (Phi) is 4.36. The molecule has 6 rings (SSSR count). The molecule has 0 amide bonds. The molecule has 0 spiro atoms. The average Bonchev–Trinajstić information content (AvgIpc) is 3.43. The number of nitrogens with one attached hydrogen (secondary N) is 1. The minimum atomic E-state index is 0.219. The molecule has 7 nitrogen and oxygen atoms in total. The summed E-state index contributed by atoms with van der Waals surface area (Å²) in [6.45, 7) is 6.65. The van der Waals surface area contributed by atoms with E-state index in [1.807, 2.05) is 41.9 Å². The second kappa shape index (κ2) is 6.99. The van der Waals surface area contributed by atoms with Crippen LogP contribution >= 0.6 is 11.3 Å². The molecule has 2 fully saturated rings. The third-order valence-electron chi connectivity index (χ3n) is 7.39. The van der Waals surface area contributed by atoms with Crippen LogP contribution in [-0.4, -0.2) is 43.5 Å². The lowest BCUT2D eigenvalue weighted by molar-refractivity contribution is 0.208. The van der Waals surface area contributed by atoms with Gasteiger partial charge in [0.2, 0.25) is 0 Å². The van der Waals surface area contributed by atoms with Gasteiger partial charge in [-0.15, -0.1) is 0 Å². The van der Waals surface area contributed by atoms with E-state index in [0.717, 1.165) is 45.3 Å². The minimum absolute atomic E-state index is 0.219. The first kappa shape index (κ1) is 20.6. The van der Waals surface area contributed by atoms with Crippen molar-refractivity contribution in [1.29, 1.82) is 5.26 Å². The Labute approximate surface area is 197 Å². The van der Waals surface area contributed by atoms with Crippen molar-refractivity contribution in [2.75, 3.05) is 11.9 Å². The molecule has 0 aliphatic carbocycles. The van der Waals surface area contributed by atoms with Gasteiger partial charge in [-0.05, 0) is 64.7 Å². The van der Waals surface area contributed by atoms with Crippen LogP contribution in [0.3, 0.4) is 0 Å². The number of rotatable bonds is 3. The fraction of sp³-hybridized carbons (Fsp3) is 0.440. The quantitative estimate of drug-likeness (QED) is 0.481. The molecule has 0 saturated carbocycles. The summed E-state index contributed by atoms with van der Waals surface area (Å²) in [7, 11) is 2.18. The van der Waals surface area contributed by atoms with Crippen LogP contribution in [0.2, 0.25) is 0 Å². The molecule has 2 bridgehead atoms. The van der Waals surface area contributed by atoms with Gasteiger partial charge in [0.25, 0.3) is 0 Å². The van der Waals surface area contributed by atoms with E-state index in [1.54, 1.807) is 11.3 Å². The molecular formula is C25H27N7S. The fourth-order valence-corrected chi connectivity index (χ4v) is 6.79. The van der Waals surface area contributed by atoms with Gasteiger partial charge in [-0.25, -0.2) is 15.0 Å². The number of thiazole rings is 1. The third-order valence-corrected chi connectivity index (χ3v) is 8.44. The maximum Gasteiger partial charge on any atom is 0.187 e. The molecule has 0 unspecified atom stereocenters. The van der Waals surface area contributed by atoms with Gasteiger partial charge in [0.1, 0.15) is 16.4 Å². The number of nitrogens with zero attached hydrogens (tertiary/aromatic N) is 6. The summed E-state index contributed by atoms with van der Waals surface area (Å²) in [5.74, 6) is 0. The zero-order valence-electron chi connectivity index (χ0n) is 19.4. The number of fused-ring (bicyclic) bond motifs is 4. The van der Waals surface area contributed by atoms with Crippen LogP contribution in [0.5, 0.6) is 0 Å². The molecular weight excluding hydrogens is 430 g/mol. The van der Waals surface area contributed by atoms with E-state index in [9.17, 15) is 5.26 Å². The van der Waals surface area contributed by atoms with Crippen molar-refractivity contribution >= 4 is 32.5 Å². The van der Waals surface area contributed by atoms with Gasteiger partial charge in [0.05, 0.1) is 17.0 Å². The first-order valence-electron chi connectivity index (χ1n) is 11.4. The van der Waals surface area contributed by atoms with E-state index in [4.69, 9.17) is 9.97 Å². The number of piperidine rings is 1. The van der Waals surface area contributed by atoms with Crippen molar-refractivity contribution in [3.63, 3.8) is 0 Å². The number of aromatic nitrogens is 4. The van der Waals surface area contributed by atoms with Gasteiger partial charge in [-0.2, -0.15) is 5.26 Å². The van der Waals surface area contributed by atoms with E-state index >= 15 is 0 Å². The van der Waals surface area contributed by atoms with Crippen LogP contribution in [0.25, 0.3) is 27.3 Å². The predicted molar refractivity (Wildman–Crippen MR) is 132 cm³/mol. The molecule has 4 aromatic heterocycles. The highest BCUT2D eigenvalue weighted by molar-refractivity contribution is 7.21. The topological polar surface area (TPSA) is 82.1 Å². The molecule has 4 aromatic rings. The van der Waals surface area contributed by atoms with Crippen LogP contribution in [0, 0.1) is 18.3 Å². The number of anilines is 1. The largest absolute Gasteiger partial charge is 0.348 e. The lowest BCUT2D eigenvalue weighted by atomic mass is 9.84. The van der Waals surface area contributed by atoms with Crippen molar-refractivity contribution < 1.29 is 0 Å². The van der Waals surface area contributed by atoms with Crippen molar-refractivity contribution in [3.05, 3.63) is 41.9 Å². The highest BCUT2D eigenvalue weighted by Gasteiger charge is 2.49. The molecule has 1 N–H and O–H groups in total. The van der Waals surface area contributed by atoms with E-state index in [-0.39, 0.29) is 11.1 Å². The van der Waals surface area contributed by atoms with E-state index in [2.05, 4.69) is 42.2 Å². The first-order chi connectivity index (χ1) is 15.7. The number of hydrogen-bond acceptors (Lipinski definition) is 7. The second-order valence-corrected chi connectivity index (χ2v) is 11.3. The molecule has 168 valence electrons. The van der Waals surface area contributed by atoms with Crippen LogP contribution in [0.4, 0.5) is 5.13 Å². The molecule has 0 aromatic carbocycles. The summed E-state index contributed by atoms with van der Waals surface area (Å²) in [6, 6.07) is 8.64. The summed E-state index contributed by atoms with van der Waals surface area (Å²) in [4.78, 5) is 17.6. The normalized spacial score (nSPS) is 26.7. The highest BCUT2D eigenvalue weighted by atomic mass is 32.1. The third kappa shape index (κ3) is 3.38. The zero-order chi connectivity index (χ0) is 23.0. The second-order valence-electron chi connectivity index (χ2n) is 10.3. The molecule has 2 aliphatic heterocycles. The first-order valence-corrected chi connectivity index (χ1v) is 12.3. The van der Waals surface area contributed by atoms with Gasteiger partial charge in [0.15, 0.2) is 10.8 Å². The summed E-state index contributed by atoms with van der Waals surface area (Å²) in [6.07, 6.45) is 8.67. The summed E-state index contributed by atoms with van der Waals surface area (Å²) < 4.78 is 1.91. The standard InChI is InChI=1S/C25H27N7S/c1-15-13-32-14-17(9-16(12-26)21(32)27-15)19-5-6-20-22(28-19)33-23(29-20)31(4)18-10-24(2)7-8-25(3,11-18)30-24/h5-6,9,13-14,18,30H,7-8,10-11H2,1-4H3/t18-,24-,25+. The Balaban J connectivity index is 1.34. The Morgan fingerprint density at radius 2 is 1.91 bits per heavy atom. The monoisotopic (exact) mass is 457 g/mol. The molecule has 33 heavy (non-hydrogen) atoms. The fourth-order valence-electron chi connectivity index (χ4n) is 5.81. The summed E-state index contributed by atoms with van der Waals surface area (Å²) >= 11 is 1.65. The molecule has 2 saturated heterocycles. The smallest absolute Gasteiger partial charge is 0.187 e. The SMILES string of the molecule is Cc1cn2cc(-c3ccc4nc(N(C)[C@H]5C[C@]6(C)CC[C@](C)(C5)N6)sc4n3)cc(C#N)c2n1. The van der Waals surface area contributed by atoms with Crippen molar-refractivity contribution in [3.8, 4) is 17.3 Å². The molecule has 2 aliphatic rings. The maximum atomic E-state index is 9.61. The number of imidazole rings is 1. The highest BCUT2D eigenvalue weighted by Crippen LogP contribution is 2.44. The van der Waals surface area contributed by atoms with Crippen LogP contribution in [0.1, 0.15) is 50.8 Å².